The van der Waals surface area contributed by atoms with Gasteiger partial charge in [0.1, 0.15) is 0 Å². The van der Waals surface area contributed by atoms with Gasteiger partial charge in [-0.3, -0.25) is 9.48 Å². The Morgan fingerprint density at radius 3 is 2.53 bits per heavy atom. The van der Waals surface area contributed by atoms with Crippen molar-refractivity contribution in [3.05, 3.63) is 11.9 Å². The second kappa shape index (κ2) is 4.44. The maximum Gasteiger partial charge on any atom is 0.471 e. The molecule has 1 heterocycles. The Hall–Kier alpha value is -2.06. The van der Waals surface area contributed by atoms with Crippen molar-refractivity contribution in [1.29, 1.82) is 0 Å². The van der Waals surface area contributed by atoms with Crippen LogP contribution in [-0.4, -0.2) is 34.9 Å². The molecule has 94 valence electrons. The van der Waals surface area contributed by atoms with Crippen molar-refractivity contribution < 1.29 is 27.5 Å². The molecule has 0 unspecified atom stereocenters. The summed E-state index contributed by atoms with van der Waals surface area (Å²) in [4.78, 5) is 21.8. The summed E-state index contributed by atoms with van der Waals surface area (Å²) in [6.45, 7) is 0. The number of amides is 1. The van der Waals surface area contributed by atoms with Crippen LogP contribution in [0.15, 0.2) is 6.20 Å². The number of anilines is 1. The molecule has 0 spiro atoms. The molecule has 1 aromatic heterocycles. The van der Waals surface area contributed by atoms with Crippen LogP contribution in [0.4, 0.5) is 18.9 Å². The minimum absolute atomic E-state index is 0.360. The molecule has 0 aliphatic heterocycles. The van der Waals surface area contributed by atoms with E-state index in [0.717, 1.165) is 18.0 Å². The number of rotatable bonds is 2. The first-order valence-corrected chi connectivity index (χ1v) is 4.26. The monoisotopic (exact) mass is 251 g/mol. The number of hydrogen-bond donors (Lipinski definition) is 1. The fourth-order valence-electron chi connectivity index (χ4n) is 1.02. The third-order valence-electron chi connectivity index (χ3n) is 1.71. The summed E-state index contributed by atoms with van der Waals surface area (Å²) >= 11 is 0. The lowest BCUT2D eigenvalue weighted by Crippen LogP contribution is -2.30. The lowest BCUT2D eigenvalue weighted by molar-refractivity contribution is -0.167. The molecule has 6 nitrogen and oxygen atoms in total. The van der Waals surface area contributed by atoms with Gasteiger partial charge in [0.2, 0.25) is 0 Å². The molecule has 0 aliphatic carbocycles. The molecule has 0 saturated heterocycles. The Kier molecular flexibility index (Phi) is 3.39. The maximum atomic E-state index is 12.0. The number of carbonyl (C=O) groups is 2. The molecular formula is C8H8F3N3O3. The molecular weight excluding hydrogens is 243 g/mol. The Bertz CT molecular complexity index is 453. The van der Waals surface area contributed by atoms with Crippen LogP contribution in [0.5, 0.6) is 0 Å². The number of methoxy groups -OCH3 is 1. The van der Waals surface area contributed by atoms with Gasteiger partial charge in [0.25, 0.3) is 0 Å². The minimum Gasteiger partial charge on any atom is -0.464 e. The van der Waals surface area contributed by atoms with Crippen LogP contribution in [0.3, 0.4) is 0 Å². The predicted molar refractivity (Wildman–Crippen MR) is 49.2 cm³/mol. The molecule has 17 heavy (non-hydrogen) atoms. The minimum atomic E-state index is -5.04. The van der Waals surface area contributed by atoms with Gasteiger partial charge in [0.15, 0.2) is 5.69 Å². The number of nitrogens with one attached hydrogen (secondary N) is 1. The summed E-state index contributed by atoms with van der Waals surface area (Å²) in [7, 11) is 2.43. The van der Waals surface area contributed by atoms with Gasteiger partial charge in [-0.2, -0.15) is 18.3 Å². The molecule has 0 atom stereocenters. The van der Waals surface area contributed by atoms with E-state index in [1.807, 2.05) is 0 Å². The summed E-state index contributed by atoms with van der Waals surface area (Å²) in [5.41, 5.74) is -0.755. The van der Waals surface area contributed by atoms with Gasteiger partial charge in [0, 0.05) is 13.2 Å². The third-order valence-corrected chi connectivity index (χ3v) is 1.71. The van der Waals surface area contributed by atoms with Crippen LogP contribution in [0.25, 0.3) is 0 Å². The number of nitrogens with zero attached hydrogens (tertiary/aromatic N) is 2. The zero-order valence-electron chi connectivity index (χ0n) is 8.83. The number of carbonyl (C=O) groups excluding carboxylic acids is 2. The van der Waals surface area contributed by atoms with E-state index in [1.54, 1.807) is 0 Å². The second-order valence-electron chi connectivity index (χ2n) is 3.01. The molecule has 0 fully saturated rings. The SMILES string of the molecule is COC(=O)c1nn(C)cc1NC(=O)C(F)(F)F. The van der Waals surface area contributed by atoms with Crippen molar-refractivity contribution in [2.45, 2.75) is 6.18 Å². The molecule has 1 amide bonds. The normalized spacial score (nSPS) is 11.1. The molecule has 0 radical (unpaired) electrons. The van der Waals surface area contributed by atoms with E-state index in [9.17, 15) is 22.8 Å². The van der Waals surface area contributed by atoms with E-state index in [2.05, 4.69) is 9.84 Å². The first-order valence-electron chi connectivity index (χ1n) is 4.26. The third kappa shape index (κ3) is 2.95. The van der Waals surface area contributed by atoms with Crippen LogP contribution < -0.4 is 5.32 Å². The Morgan fingerprint density at radius 1 is 1.47 bits per heavy atom. The predicted octanol–water partition coefficient (Wildman–Crippen LogP) is 0.707. The number of hydrogen-bond acceptors (Lipinski definition) is 4. The Labute approximate surface area is 93.3 Å². The molecule has 0 saturated carbocycles. The zero-order valence-corrected chi connectivity index (χ0v) is 8.83. The van der Waals surface area contributed by atoms with Crippen LogP contribution in [-0.2, 0) is 16.6 Å². The largest absolute Gasteiger partial charge is 0.471 e. The number of esters is 1. The number of ether oxygens (including phenoxy) is 1. The van der Waals surface area contributed by atoms with Crippen molar-refractivity contribution in [3.8, 4) is 0 Å². The van der Waals surface area contributed by atoms with E-state index in [4.69, 9.17) is 0 Å². The average Bonchev–Trinajstić information content (AvgIpc) is 2.57. The van der Waals surface area contributed by atoms with Crippen molar-refractivity contribution in [1.82, 2.24) is 9.78 Å². The highest BCUT2D eigenvalue weighted by atomic mass is 19.4. The first kappa shape index (κ1) is 13.0. The van der Waals surface area contributed by atoms with Gasteiger partial charge in [-0.1, -0.05) is 0 Å². The van der Waals surface area contributed by atoms with Crippen LogP contribution in [0.2, 0.25) is 0 Å². The van der Waals surface area contributed by atoms with Gasteiger partial charge >= 0.3 is 18.1 Å². The molecule has 1 rings (SSSR count). The van der Waals surface area contributed by atoms with E-state index >= 15 is 0 Å². The fraction of sp³-hybridized carbons (Fsp3) is 0.375. The summed E-state index contributed by atoms with van der Waals surface area (Å²) in [5, 5.41) is 5.11. The topological polar surface area (TPSA) is 73.2 Å². The standard InChI is InChI=1S/C8H8F3N3O3/c1-14-3-4(5(13-14)6(15)17-2)12-7(16)8(9,10)11/h3H,1-2H3,(H,12,16). The van der Waals surface area contributed by atoms with E-state index in [0.29, 0.717) is 0 Å². The molecule has 0 aromatic carbocycles. The van der Waals surface area contributed by atoms with E-state index < -0.39 is 23.7 Å². The van der Waals surface area contributed by atoms with Gasteiger partial charge < -0.3 is 10.1 Å². The van der Waals surface area contributed by atoms with Crippen LogP contribution >= 0.6 is 0 Å². The quantitative estimate of drug-likeness (QED) is 0.785. The smallest absolute Gasteiger partial charge is 0.464 e. The summed E-state index contributed by atoms with van der Waals surface area (Å²) in [5.74, 6) is -3.13. The summed E-state index contributed by atoms with van der Waals surface area (Å²) in [6, 6.07) is 0. The Balaban J connectivity index is 2.99. The number of halogens is 3. The first-order chi connectivity index (χ1) is 7.75. The van der Waals surface area contributed by atoms with Crippen molar-refractivity contribution in [3.63, 3.8) is 0 Å². The lowest BCUT2D eigenvalue weighted by atomic mass is 10.3. The Morgan fingerprint density at radius 2 is 2.06 bits per heavy atom. The van der Waals surface area contributed by atoms with E-state index in [1.165, 1.54) is 12.4 Å². The fourth-order valence-corrected chi connectivity index (χ4v) is 1.02. The second-order valence-corrected chi connectivity index (χ2v) is 3.01. The lowest BCUT2D eigenvalue weighted by Gasteiger charge is -2.06. The van der Waals surface area contributed by atoms with Crippen LogP contribution in [0.1, 0.15) is 10.5 Å². The highest BCUT2D eigenvalue weighted by Crippen LogP contribution is 2.20. The summed E-state index contributed by atoms with van der Waals surface area (Å²) in [6.07, 6.45) is -3.97. The van der Waals surface area contributed by atoms with Crippen LogP contribution in [0, 0.1) is 0 Å². The number of alkyl halides is 3. The molecule has 9 heteroatoms. The molecule has 0 bridgehead atoms. The average molecular weight is 251 g/mol. The highest BCUT2D eigenvalue weighted by Gasteiger charge is 2.39. The zero-order chi connectivity index (χ0) is 13.2. The molecule has 0 aliphatic rings. The van der Waals surface area contributed by atoms with Gasteiger partial charge in [-0.25, -0.2) is 4.79 Å². The highest BCUT2D eigenvalue weighted by molar-refractivity contribution is 6.01. The number of aryl methyl sites for hydroxylation is 1. The maximum absolute atomic E-state index is 12.0. The molecule has 1 N–H and O–H groups in total. The number of aromatic nitrogens is 2. The van der Waals surface area contributed by atoms with Gasteiger partial charge in [0.05, 0.1) is 12.8 Å². The van der Waals surface area contributed by atoms with Crippen molar-refractivity contribution in [2.75, 3.05) is 12.4 Å². The van der Waals surface area contributed by atoms with Crippen molar-refractivity contribution >= 4 is 17.6 Å². The van der Waals surface area contributed by atoms with Gasteiger partial charge in [-0.05, 0) is 0 Å². The molecule has 1 aromatic rings. The van der Waals surface area contributed by atoms with E-state index in [-0.39, 0.29) is 5.69 Å². The van der Waals surface area contributed by atoms with Crippen molar-refractivity contribution in [2.24, 2.45) is 7.05 Å². The van der Waals surface area contributed by atoms with Gasteiger partial charge in [-0.15, -0.1) is 0 Å². The summed E-state index contributed by atoms with van der Waals surface area (Å²) < 4.78 is 41.4.